The van der Waals surface area contributed by atoms with Crippen molar-refractivity contribution in [2.75, 3.05) is 0 Å². The highest BCUT2D eigenvalue weighted by atomic mass is 79.9. The van der Waals surface area contributed by atoms with Crippen LogP contribution < -0.4 is 0 Å². The Bertz CT molecular complexity index is 528. The molecule has 1 amide bonds. The predicted molar refractivity (Wildman–Crippen MR) is 69.0 cm³/mol. The molecule has 0 spiro atoms. The maximum Gasteiger partial charge on any atom is 0.352 e. The summed E-state index contributed by atoms with van der Waals surface area (Å²) >= 11 is 3.38. The number of carboxylic acid groups (broad SMARTS) is 1. The zero-order chi connectivity index (χ0) is 13.1. The van der Waals surface area contributed by atoms with Crippen molar-refractivity contribution in [2.24, 2.45) is 5.10 Å². The number of carbonyl (C=O) groups excluding carboxylic acids is 1. The van der Waals surface area contributed by atoms with Gasteiger partial charge in [0.05, 0.1) is 6.54 Å². The van der Waals surface area contributed by atoms with Crippen molar-refractivity contribution >= 4 is 33.5 Å². The van der Waals surface area contributed by atoms with Crippen LogP contribution in [0.15, 0.2) is 33.8 Å². The van der Waals surface area contributed by atoms with Gasteiger partial charge in [-0.2, -0.15) is 5.10 Å². The van der Waals surface area contributed by atoms with Crippen LogP contribution in [0, 0.1) is 0 Å². The highest BCUT2D eigenvalue weighted by Gasteiger charge is 2.24. The summed E-state index contributed by atoms with van der Waals surface area (Å²) in [6, 6.07) is 7.46. The zero-order valence-corrected chi connectivity index (χ0v) is 11.1. The standard InChI is InChI=1S/C12H11BrN2O3/c13-9-4-2-1-3-8(9)7-15-11(16)6-5-10(14-15)12(17)18/h1-4H,5-7H2,(H,17,18). The molecule has 1 aromatic carbocycles. The number of hydrogen-bond donors (Lipinski definition) is 1. The molecule has 2 rings (SSSR count). The molecule has 0 saturated carbocycles. The molecule has 18 heavy (non-hydrogen) atoms. The molecule has 0 fully saturated rings. The number of rotatable bonds is 3. The lowest BCUT2D eigenvalue weighted by atomic mass is 10.1. The summed E-state index contributed by atoms with van der Waals surface area (Å²) in [7, 11) is 0. The van der Waals surface area contributed by atoms with Crippen molar-refractivity contribution in [1.29, 1.82) is 0 Å². The Labute approximate surface area is 112 Å². The summed E-state index contributed by atoms with van der Waals surface area (Å²) in [4.78, 5) is 22.5. The minimum Gasteiger partial charge on any atom is -0.477 e. The first kappa shape index (κ1) is 12.8. The van der Waals surface area contributed by atoms with Gasteiger partial charge in [-0.25, -0.2) is 9.80 Å². The van der Waals surface area contributed by atoms with Crippen molar-refractivity contribution in [2.45, 2.75) is 19.4 Å². The van der Waals surface area contributed by atoms with Crippen LogP contribution in [-0.2, 0) is 16.1 Å². The third kappa shape index (κ3) is 2.76. The van der Waals surface area contributed by atoms with Gasteiger partial charge in [0.2, 0.25) is 5.91 Å². The summed E-state index contributed by atoms with van der Waals surface area (Å²) in [5.74, 6) is -1.23. The number of halogens is 1. The number of aliphatic carboxylic acids is 1. The number of hydrazone groups is 1. The van der Waals surface area contributed by atoms with Gasteiger partial charge in [0.1, 0.15) is 5.71 Å². The Kier molecular flexibility index (Phi) is 3.76. The highest BCUT2D eigenvalue weighted by Crippen LogP contribution is 2.20. The monoisotopic (exact) mass is 310 g/mol. The first-order chi connectivity index (χ1) is 8.58. The largest absolute Gasteiger partial charge is 0.477 e. The zero-order valence-electron chi connectivity index (χ0n) is 9.47. The quantitative estimate of drug-likeness (QED) is 0.928. The van der Waals surface area contributed by atoms with E-state index in [4.69, 9.17) is 5.11 Å². The number of nitrogens with zero attached hydrogens (tertiary/aromatic N) is 2. The molecule has 0 aliphatic carbocycles. The predicted octanol–water partition coefficient (Wildman–Crippen LogP) is 2.01. The van der Waals surface area contributed by atoms with Crippen LogP contribution in [0.25, 0.3) is 0 Å². The molecule has 0 aromatic heterocycles. The fourth-order valence-corrected chi connectivity index (χ4v) is 2.08. The highest BCUT2D eigenvalue weighted by molar-refractivity contribution is 9.10. The fourth-order valence-electron chi connectivity index (χ4n) is 1.67. The second kappa shape index (κ2) is 5.30. The van der Waals surface area contributed by atoms with Crippen LogP contribution in [0.4, 0.5) is 0 Å². The van der Waals surface area contributed by atoms with E-state index in [9.17, 15) is 9.59 Å². The number of carboxylic acids is 1. The molecule has 0 atom stereocenters. The van der Waals surface area contributed by atoms with Gasteiger partial charge in [-0.05, 0) is 11.6 Å². The van der Waals surface area contributed by atoms with E-state index >= 15 is 0 Å². The molecule has 5 nitrogen and oxygen atoms in total. The van der Waals surface area contributed by atoms with Crippen molar-refractivity contribution in [3.63, 3.8) is 0 Å². The average Bonchev–Trinajstić information content (AvgIpc) is 2.34. The lowest BCUT2D eigenvalue weighted by molar-refractivity contribution is -0.133. The van der Waals surface area contributed by atoms with Crippen LogP contribution >= 0.6 is 15.9 Å². The summed E-state index contributed by atoms with van der Waals surface area (Å²) in [5.41, 5.74) is 0.919. The molecule has 6 heteroatoms. The Morgan fingerprint density at radius 1 is 1.39 bits per heavy atom. The number of carbonyl (C=O) groups is 2. The van der Waals surface area contributed by atoms with Crippen LogP contribution in [0.5, 0.6) is 0 Å². The molecule has 1 heterocycles. The van der Waals surface area contributed by atoms with E-state index in [1.165, 1.54) is 5.01 Å². The summed E-state index contributed by atoms with van der Waals surface area (Å²) < 4.78 is 0.871. The third-order valence-electron chi connectivity index (χ3n) is 2.63. The normalized spacial score (nSPS) is 15.5. The molecule has 1 N–H and O–H groups in total. The van der Waals surface area contributed by atoms with Crippen molar-refractivity contribution < 1.29 is 14.7 Å². The van der Waals surface area contributed by atoms with Crippen LogP contribution in [0.3, 0.4) is 0 Å². The molecule has 94 valence electrons. The molecular formula is C12H11BrN2O3. The minimum atomic E-state index is -1.07. The summed E-state index contributed by atoms with van der Waals surface area (Å²) in [5, 5.41) is 14.0. The van der Waals surface area contributed by atoms with Gasteiger partial charge < -0.3 is 5.11 Å². The summed E-state index contributed by atoms with van der Waals surface area (Å²) in [6.45, 7) is 0.275. The van der Waals surface area contributed by atoms with E-state index in [0.29, 0.717) is 0 Å². The third-order valence-corrected chi connectivity index (χ3v) is 3.40. The van der Waals surface area contributed by atoms with Crippen LogP contribution in [0.1, 0.15) is 18.4 Å². The van der Waals surface area contributed by atoms with Crippen molar-refractivity contribution in [1.82, 2.24) is 5.01 Å². The Morgan fingerprint density at radius 2 is 2.11 bits per heavy atom. The van der Waals surface area contributed by atoms with Gasteiger partial charge in [0, 0.05) is 17.3 Å². The van der Waals surface area contributed by atoms with Gasteiger partial charge in [-0.1, -0.05) is 34.1 Å². The van der Waals surface area contributed by atoms with Gasteiger partial charge in [0.15, 0.2) is 0 Å². The van der Waals surface area contributed by atoms with E-state index in [-0.39, 0.29) is 31.0 Å². The van der Waals surface area contributed by atoms with Gasteiger partial charge >= 0.3 is 5.97 Å². The SMILES string of the molecule is O=C(O)C1=NN(Cc2ccccc2Br)C(=O)CC1. The molecule has 1 aliphatic heterocycles. The van der Waals surface area contributed by atoms with E-state index in [1.54, 1.807) is 0 Å². The van der Waals surface area contributed by atoms with Gasteiger partial charge in [0.25, 0.3) is 0 Å². The molecule has 0 radical (unpaired) electrons. The minimum absolute atomic E-state index is 0.0293. The first-order valence-corrected chi connectivity index (χ1v) is 6.22. The maximum atomic E-state index is 11.7. The lowest BCUT2D eigenvalue weighted by Gasteiger charge is -2.22. The number of benzene rings is 1. The maximum absolute atomic E-state index is 11.7. The average molecular weight is 311 g/mol. The molecule has 0 bridgehead atoms. The van der Waals surface area contributed by atoms with Crippen molar-refractivity contribution in [3.05, 3.63) is 34.3 Å². The second-order valence-electron chi connectivity index (χ2n) is 3.89. The van der Waals surface area contributed by atoms with Gasteiger partial charge in [-0.3, -0.25) is 4.79 Å². The smallest absolute Gasteiger partial charge is 0.352 e. The Hall–Kier alpha value is -1.69. The van der Waals surface area contributed by atoms with Crippen LogP contribution in [-0.4, -0.2) is 27.7 Å². The molecule has 0 saturated heterocycles. The summed E-state index contributed by atoms with van der Waals surface area (Å²) in [6.07, 6.45) is 0.385. The Morgan fingerprint density at radius 3 is 2.78 bits per heavy atom. The first-order valence-electron chi connectivity index (χ1n) is 5.42. The Balaban J connectivity index is 2.22. The topological polar surface area (TPSA) is 70.0 Å². The lowest BCUT2D eigenvalue weighted by Crippen LogP contribution is -2.33. The fraction of sp³-hybridized carbons (Fsp3) is 0.250. The number of hydrogen-bond acceptors (Lipinski definition) is 3. The molecule has 1 aromatic rings. The van der Waals surface area contributed by atoms with E-state index in [1.807, 2.05) is 24.3 Å². The van der Waals surface area contributed by atoms with Crippen molar-refractivity contribution in [3.8, 4) is 0 Å². The molecule has 0 unspecified atom stereocenters. The molecule has 1 aliphatic rings. The second-order valence-corrected chi connectivity index (χ2v) is 4.75. The number of amides is 1. The van der Waals surface area contributed by atoms with Crippen LogP contribution in [0.2, 0.25) is 0 Å². The van der Waals surface area contributed by atoms with E-state index in [0.717, 1.165) is 10.0 Å². The van der Waals surface area contributed by atoms with E-state index < -0.39 is 5.97 Å². The van der Waals surface area contributed by atoms with Gasteiger partial charge in [-0.15, -0.1) is 0 Å². The van der Waals surface area contributed by atoms with E-state index in [2.05, 4.69) is 21.0 Å². The molecular weight excluding hydrogens is 300 g/mol.